The van der Waals surface area contributed by atoms with E-state index in [1.807, 2.05) is 0 Å². The third-order valence-electron chi connectivity index (χ3n) is 3.79. The molecule has 0 aromatic heterocycles. The lowest BCUT2D eigenvalue weighted by molar-refractivity contribution is -0.116. The van der Waals surface area contributed by atoms with Crippen molar-refractivity contribution in [1.29, 1.82) is 0 Å². The lowest BCUT2D eigenvalue weighted by Gasteiger charge is -2.19. The SMILES string of the molecule is Cc1cc(C=CC(=O)NCC2CCCN2C)ccc1F. The molecule has 1 fully saturated rings. The van der Waals surface area contributed by atoms with Crippen LogP contribution in [0.2, 0.25) is 0 Å². The van der Waals surface area contributed by atoms with Crippen LogP contribution >= 0.6 is 0 Å². The van der Waals surface area contributed by atoms with Crippen molar-refractivity contribution in [3.8, 4) is 0 Å². The number of carbonyl (C=O) groups excluding carboxylic acids is 1. The van der Waals surface area contributed by atoms with Crippen molar-refractivity contribution >= 4 is 12.0 Å². The molecule has 20 heavy (non-hydrogen) atoms. The summed E-state index contributed by atoms with van der Waals surface area (Å²) in [5.74, 6) is -0.330. The standard InChI is InChI=1S/C16H21FN2O/c1-12-10-13(5-7-15(12)17)6-8-16(20)18-11-14-4-3-9-19(14)2/h5-8,10,14H,3-4,9,11H2,1-2H3,(H,18,20). The number of hydrogen-bond acceptors (Lipinski definition) is 2. The molecule has 0 aliphatic carbocycles. The molecule has 1 atom stereocenters. The van der Waals surface area contributed by atoms with Crippen LogP contribution < -0.4 is 5.32 Å². The van der Waals surface area contributed by atoms with E-state index in [9.17, 15) is 9.18 Å². The molecular weight excluding hydrogens is 255 g/mol. The second-order valence-corrected chi connectivity index (χ2v) is 5.36. The minimum absolute atomic E-state index is 0.104. The number of likely N-dealkylation sites (tertiary alicyclic amines) is 1. The van der Waals surface area contributed by atoms with E-state index in [1.54, 1.807) is 25.1 Å². The molecule has 1 aromatic rings. The fourth-order valence-electron chi connectivity index (χ4n) is 2.46. The summed E-state index contributed by atoms with van der Waals surface area (Å²) in [7, 11) is 2.08. The molecule has 1 aromatic carbocycles. The maximum absolute atomic E-state index is 13.1. The zero-order valence-electron chi connectivity index (χ0n) is 12.0. The molecule has 1 unspecified atom stereocenters. The van der Waals surface area contributed by atoms with Crippen LogP contribution in [0.1, 0.15) is 24.0 Å². The summed E-state index contributed by atoms with van der Waals surface area (Å²) < 4.78 is 13.1. The Hall–Kier alpha value is -1.68. The molecule has 0 radical (unpaired) electrons. The number of benzene rings is 1. The zero-order chi connectivity index (χ0) is 14.5. The minimum atomic E-state index is -0.226. The van der Waals surface area contributed by atoms with Crippen molar-refractivity contribution in [2.24, 2.45) is 0 Å². The first kappa shape index (κ1) is 14.7. The van der Waals surface area contributed by atoms with Gasteiger partial charge >= 0.3 is 0 Å². The van der Waals surface area contributed by atoms with Crippen LogP contribution in [0.5, 0.6) is 0 Å². The van der Waals surface area contributed by atoms with Gasteiger partial charge in [-0.1, -0.05) is 6.07 Å². The Morgan fingerprint density at radius 2 is 2.35 bits per heavy atom. The van der Waals surface area contributed by atoms with Gasteiger partial charge in [-0.05, 0) is 62.7 Å². The average molecular weight is 276 g/mol. The minimum Gasteiger partial charge on any atom is -0.351 e. The van der Waals surface area contributed by atoms with Gasteiger partial charge in [0.25, 0.3) is 0 Å². The highest BCUT2D eigenvalue weighted by atomic mass is 19.1. The van der Waals surface area contributed by atoms with E-state index in [-0.39, 0.29) is 11.7 Å². The Balaban J connectivity index is 1.84. The molecule has 1 amide bonds. The molecule has 3 nitrogen and oxygen atoms in total. The number of likely N-dealkylation sites (N-methyl/N-ethyl adjacent to an activating group) is 1. The molecule has 1 heterocycles. The largest absolute Gasteiger partial charge is 0.351 e. The normalized spacial score (nSPS) is 19.6. The molecule has 1 aliphatic rings. The van der Waals surface area contributed by atoms with Gasteiger partial charge < -0.3 is 10.2 Å². The Morgan fingerprint density at radius 1 is 1.55 bits per heavy atom. The highest BCUT2D eigenvalue weighted by Crippen LogP contribution is 2.13. The third kappa shape index (κ3) is 3.90. The molecule has 1 N–H and O–H groups in total. The smallest absolute Gasteiger partial charge is 0.244 e. The maximum atomic E-state index is 13.1. The van der Waals surface area contributed by atoms with Gasteiger partial charge in [-0.25, -0.2) is 4.39 Å². The van der Waals surface area contributed by atoms with Gasteiger partial charge in [0.05, 0.1) is 0 Å². The predicted octanol–water partition coefficient (Wildman–Crippen LogP) is 2.36. The summed E-state index contributed by atoms with van der Waals surface area (Å²) in [6.07, 6.45) is 5.54. The average Bonchev–Trinajstić information content (AvgIpc) is 2.83. The summed E-state index contributed by atoms with van der Waals surface area (Å²) in [6, 6.07) is 5.25. The fourth-order valence-corrected chi connectivity index (χ4v) is 2.46. The van der Waals surface area contributed by atoms with E-state index in [4.69, 9.17) is 0 Å². The Labute approximate surface area is 119 Å². The van der Waals surface area contributed by atoms with E-state index in [2.05, 4.69) is 17.3 Å². The first-order valence-corrected chi connectivity index (χ1v) is 6.98. The summed E-state index contributed by atoms with van der Waals surface area (Å²) in [4.78, 5) is 14.0. The molecule has 1 aliphatic heterocycles. The molecule has 2 rings (SSSR count). The Bertz CT molecular complexity index is 513. The van der Waals surface area contributed by atoms with E-state index < -0.39 is 0 Å². The van der Waals surface area contributed by atoms with Gasteiger partial charge in [-0.3, -0.25) is 4.79 Å². The summed E-state index contributed by atoms with van der Waals surface area (Å²) in [5.41, 5.74) is 1.41. The van der Waals surface area contributed by atoms with Gasteiger partial charge in [-0.2, -0.15) is 0 Å². The van der Waals surface area contributed by atoms with E-state index in [0.717, 1.165) is 18.5 Å². The summed E-state index contributed by atoms with van der Waals surface area (Å²) in [6.45, 7) is 3.50. The lowest BCUT2D eigenvalue weighted by atomic mass is 10.1. The van der Waals surface area contributed by atoms with Gasteiger partial charge in [0.1, 0.15) is 5.82 Å². The van der Waals surface area contributed by atoms with Crippen LogP contribution in [-0.2, 0) is 4.79 Å². The number of aryl methyl sites for hydroxylation is 1. The summed E-state index contributed by atoms with van der Waals surface area (Å²) in [5, 5.41) is 2.91. The number of nitrogens with zero attached hydrogens (tertiary/aromatic N) is 1. The van der Waals surface area contributed by atoms with Crippen LogP contribution in [0, 0.1) is 12.7 Å². The van der Waals surface area contributed by atoms with Crippen LogP contribution in [0.15, 0.2) is 24.3 Å². The Kier molecular flexibility index (Phi) is 4.90. The zero-order valence-corrected chi connectivity index (χ0v) is 12.0. The predicted molar refractivity (Wildman–Crippen MR) is 78.8 cm³/mol. The molecule has 0 saturated carbocycles. The van der Waals surface area contributed by atoms with E-state index in [1.165, 1.54) is 18.6 Å². The van der Waals surface area contributed by atoms with Gasteiger partial charge in [0.15, 0.2) is 0 Å². The topological polar surface area (TPSA) is 32.3 Å². The van der Waals surface area contributed by atoms with Crippen molar-refractivity contribution in [1.82, 2.24) is 10.2 Å². The second kappa shape index (κ2) is 6.66. The number of nitrogens with one attached hydrogen (secondary N) is 1. The molecule has 1 saturated heterocycles. The van der Waals surface area contributed by atoms with Gasteiger partial charge in [0.2, 0.25) is 5.91 Å². The monoisotopic (exact) mass is 276 g/mol. The van der Waals surface area contributed by atoms with Crippen LogP contribution in [0.25, 0.3) is 6.08 Å². The highest BCUT2D eigenvalue weighted by Gasteiger charge is 2.20. The van der Waals surface area contributed by atoms with Crippen molar-refractivity contribution in [2.75, 3.05) is 20.1 Å². The van der Waals surface area contributed by atoms with Crippen molar-refractivity contribution in [3.05, 3.63) is 41.2 Å². The number of halogens is 1. The van der Waals surface area contributed by atoms with E-state index in [0.29, 0.717) is 18.2 Å². The molecule has 108 valence electrons. The first-order chi connectivity index (χ1) is 9.56. The third-order valence-corrected chi connectivity index (χ3v) is 3.79. The molecular formula is C16H21FN2O. The van der Waals surface area contributed by atoms with E-state index >= 15 is 0 Å². The fraction of sp³-hybridized carbons (Fsp3) is 0.438. The second-order valence-electron chi connectivity index (χ2n) is 5.36. The molecule has 0 bridgehead atoms. The van der Waals surface area contributed by atoms with Crippen molar-refractivity contribution in [2.45, 2.75) is 25.8 Å². The number of hydrogen-bond donors (Lipinski definition) is 1. The highest BCUT2D eigenvalue weighted by molar-refractivity contribution is 5.91. The van der Waals surface area contributed by atoms with Crippen molar-refractivity contribution in [3.63, 3.8) is 0 Å². The van der Waals surface area contributed by atoms with Crippen LogP contribution in [-0.4, -0.2) is 37.0 Å². The first-order valence-electron chi connectivity index (χ1n) is 6.98. The quantitative estimate of drug-likeness (QED) is 0.856. The summed E-state index contributed by atoms with van der Waals surface area (Å²) >= 11 is 0. The lowest BCUT2D eigenvalue weighted by Crippen LogP contribution is -2.37. The maximum Gasteiger partial charge on any atom is 0.244 e. The van der Waals surface area contributed by atoms with Crippen molar-refractivity contribution < 1.29 is 9.18 Å². The van der Waals surface area contributed by atoms with Gasteiger partial charge in [0, 0.05) is 18.7 Å². The number of amides is 1. The van der Waals surface area contributed by atoms with Gasteiger partial charge in [-0.15, -0.1) is 0 Å². The number of rotatable bonds is 4. The van der Waals surface area contributed by atoms with Crippen LogP contribution in [0.3, 0.4) is 0 Å². The number of carbonyl (C=O) groups is 1. The molecule has 4 heteroatoms. The molecule has 0 spiro atoms. The Morgan fingerprint density at radius 3 is 3.00 bits per heavy atom. The van der Waals surface area contributed by atoms with Crippen LogP contribution in [0.4, 0.5) is 4.39 Å².